The first-order chi connectivity index (χ1) is 8.54. The average Bonchev–Trinajstić information content (AvgIpc) is 2.39. The Balaban J connectivity index is 2.29. The maximum atomic E-state index is 12.2. The summed E-state index contributed by atoms with van der Waals surface area (Å²) in [4.78, 5) is 11.4. The molecule has 0 amide bonds. The van der Waals surface area contributed by atoms with Gasteiger partial charge >= 0.3 is 0 Å². The number of hydrogen-bond acceptors (Lipinski definition) is 4. The van der Waals surface area contributed by atoms with E-state index < -0.39 is 10.0 Å². The molecule has 1 aromatic rings. The van der Waals surface area contributed by atoms with Crippen LogP contribution in [0.2, 0.25) is 0 Å². The molecule has 0 atom stereocenters. The van der Waals surface area contributed by atoms with Gasteiger partial charge in [-0.2, -0.15) is 9.57 Å². The van der Waals surface area contributed by atoms with E-state index in [2.05, 4.69) is 0 Å². The van der Waals surface area contributed by atoms with Gasteiger partial charge in [0.1, 0.15) is 5.78 Å². The van der Waals surface area contributed by atoms with Crippen molar-refractivity contribution < 1.29 is 13.2 Å². The largest absolute Gasteiger partial charge is 0.298 e. The highest BCUT2D eigenvalue weighted by atomic mass is 32.2. The van der Waals surface area contributed by atoms with Gasteiger partial charge in [0.25, 0.3) is 0 Å². The Labute approximate surface area is 106 Å². The first-order valence-electron chi connectivity index (χ1n) is 5.56. The summed E-state index contributed by atoms with van der Waals surface area (Å²) >= 11 is 0. The topological polar surface area (TPSA) is 78.2 Å². The van der Waals surface area contributed by atoms with Crippen molar-refractivity contribution in [2.75, 3.05) is 13.1 Å². The van der Waals surface area contributed by atoms with E-state index in [4.69, 9.17) is 5.26 Å². The molecule has 0 aromatic heterocycles. The van der Waals surface area contributed by atoms with E-state index in [9.17, 15) is 13.2 Å². The third-order valence-corrected chi connectivity index (χ3v) is 4.70. The number of nitrogens with zero attached hydrogens (tertiary/aromatic N) is 2. The smallest absolute Gasteiger partial charge is 0.243 e. The van der Waals surface area contributed by atoms with Gasteiger partial charge in [-0.3, -0.25) is 4.79 Å². The zero-order chi connectivity index (χ0) is 13.2. The lowest BCUT2D eigenvalue weighted by Gasteiger charge is -2.24. The van der Waals surface area contributed by atoms with Crippen molar-refractivity contribution in [1.82, 2.24) is 4.31 Å². The van der Waals surface area contributed by atoms with Gasteiger partial charge in [-0.25, -0.2) is 8.42 Å². The van der Waals surface area contributed by atoms with Crippen molar-refractivity contribution in [3.63, 3.8) is 0 Å². The summed E-state index contributed by atoms with van der Waals surface area (Å²) in [5.41, 5.74) is 0.406. The lowest BCUT2D eigenvalue weighted by molar-refractivity contribution is -0.120. The number of rotatable bonds is 2. The van der Waals surface area contributed by atoms with Gasteiger partial charge in [0.15, 0.2) is 0 Å². The Morgan fingerprint density at radius 3 is 2.44 bits per heavy atom. The minimum absolute atomic E-state index is 0.0532. The number of carbonyl (C=O) groups excluding carboxylic acids is 1. The molecule has 6 heteroatoms. The molecule has 0 aliphatic carbocycles. The monoisotopic (exact) mass is 264 g/mol. The molecule has 0 spiro atoms. The molecule has 1 fully saturated rings. The van der Waals surface area contributed by atoms with Crippen LogP contribution in [0, 0.1) is 11.3 Å². The fraction of sp³-hybridized carbons (Fsp3) is 0.333. The highest BCUT2D eigenvalue weighted by molar-refractivity contribution is 7.89. The van der Waals surface area contributed by atoms with E-state index in [1.165, 1.54) is 28.6 Å². The molecule has 18 heavy (non-hydrogen) atoms. The van der Waals surface area contributed by atoms with Gasteiger partial charge in [0.05, 0.1) is 23.1 Å². The predicted molar refractivity (Wildman–Crippen MR) is 64.2 cm³/mol. The molecule has 0 saturated carbocycles. The Morgan fingerprint density at radius 1 is 1.22 bits per heavy atom. The molecular weight excluding hydrogens is 252 g/mol. The number of Topliss-reactive ketones (excluding diaryl/α,β-unsaturated/α-hetero) is 1. The lowest BCUT2D eigenvalue weighted by Crippen LogP contribution is -2.40. The van der Waals surface area contributed by atoms with Crippen molar-refractivity contribution >= 4 is 15.8 Å². The standard InChI is InChI=1S/C12H12N2O3S/c13-8-10-3-5-12(6-4-10)18(16,17)14-7-1-2-11(15)9-14/h3-6H,1-2,7,9H2. The average molecular weight is 264 g/mol. The molecular formula is C12H12N2O3S. The Morgan fingerprint density at radius 2 is 1.89 bits per heavy atom. The molecule has 2 rings (SSSR count). The molecule has 0 unspecified atom stereocenters. The van der Waals surface area contributed by atoms with Gasteiger partial charge in [-0.15, -0.1) is 0 Å². The van der Waals surface area contributed by atoms with Crippen LogP contribution in [0.4, 0.5) is 0 Å². The van der Waals surface area contributed by atoms with Crippen LogP contribution >= 0.6 is 0 Å². The van der Waals surface area contributed by atoms with Crippen molar-refractivity contribution in [1.29, 1.82) is 5.26 Å². The summed E-state index contributed by atoms with van der Waals surface area (Å²) in [5, 5.41) is 8.66. The van der Waals surface area contributed by atoms with Crippen LogP contribution in [0.5, 0.6) is 0 Å². The molecule has 1 aromatic carbocycles. The van der Waals surface area contributed by atoms with Gasteiger partial charge in [0, 0.05) is 13.0 Å². The van der Waals surface area contributed by atoms with Gasteiger partial charge in [0.2, 0.25) is 10.0 Å². The maximum Gasteiger partial charge on any atom is 0.243 e. The van der Waals surface area contributed by atoms with Crippen LogP contribution < -0.4 is 0 Å². The van der Waals surface area contributed by atoms with E-state index in [1.807, 2.05) is 6.07 Å². The SMILES string of the molecule is N#Cc1ccc(S(=O)(=O)N2CCCC(=O)C2)cc1. The number of hydrogen-bond donors (Lipinski definition) is 0. The van der Waals surface area contributed by atoms with Crippen LogP contribution in [0.15, 0.2) is 29.2 Å². The zero-order valence-electron chi connectivity index (χ0n) is 9.67. The lowest BCUT2D eigenvalue weighted by atomic mass is 10.1. The van der Waals surface area contributed by atoms with E-state index in [-0.39, 0.29) is 17.2 Å². The third kappa shape index (κ3) is 2.42. The quantitative estimate of drug-likeness (QED) is 0.795. The summed E-state index contributed by atoms with van der Waals surface area (Å²) in [6.45, 7) is 0.316. The number of sulfonamides is 1. The molecule has 1 saturated heterocycles. The maximum absolute atomic E-state index is 12.2. The van der Waals surface area contributed by atoms with Crippen molar-refractivity contribution in [2.45, 2.75) is 17.7 Å². The fourth-order valence-electron chi connectivity index (χ4n) is 1.86. The summed E-state index contributed by atoms with van der Waals surface area (Å²) in [6.07, 6.45) is 1.01. The molecule has 1 heterocycles. The first-order valence-corrected chi connectivity index (χ1v) is 7.00. The van der Waals surface area contributed by atoms with E-state index >= 15 is 0 Å². The number of nitriles is 1. The fourth-order valence-corrected chi connectivity index (χ4v) is 3.32. The predicted octanol–water partition coefficient (Wildman–Crippen LogP) is 0.912. The number of carbonyl (C=O) groups is 1. The Bertz CT molecular complexity index is 599. The summed E-state index contributed by atoms with van der Waals surface area (Å²) in [5.74, 6) is -0.0570. The van der Waals surface area contributed by atoms with Crippen LogP contribution in [0.25, 0.3) is 0 Å². The summed E-state index contributed by atoms with van der Waals surface area (Å²) in [7, 11) is -3.62. The van der Waals surface area contributed by atoms with Gasteiger partial charge in [-0.1, -0.05) is 0 Å². The Hall–Kier alpha value is -1.71. The minimum Gasteiger partial charge on any atom is -0.298 e. The van der Waals surface area contributed by atoms with E-state index in [0.29, 0.717) is 24.9 Å². The van der Waals surface area contributed by atoms with Crippen LogP contribution in [0.3, 0.4) is 0 Å². The summed E-state index contributed by atoms with van der Waals surface area (Å²) < 4.78 is 25.6. The van der Waals surface area contributed by atoms with Crippen LogP contribution in [-0.4, -0.2) is 31.6 Å². The molecule has 0 bridgehead atoms. The molecule has 0 N–H and O–H groups in total. The third-order valence-electron chi connectivity index (χ3n) is 2.84. The van der Waals surface area contributed by atoms with Crippen molar-refractivity contribution in [3.05, 3.63) is 29.8 Å². The molecule has 0 radical (unpaired) electrons. The highest BCUT2D eigenvalue weighted by Crippen LogP contribution is 2.19. The molecule has 5 nitrogen and oxygen atoms in total. The molecule has 94 valence electrons. The number of ketones is 1. The van der Waals surface area contributed by atoms with Crippen LogP contribution in [0.1, 0.15) is 18.4 Å². The number of piperidine rings is 1. The highest BCUT2D eigenvalue weighted by Gasteiger charge is 2.28. The second-order valence-corrected chi connectivity index (χ2v) is 6.05. The molecule has 1 aliphatic rings. The van der Waals surface area contributed by atoms with E-state index in [1.54, 1.807) is 0 Å². The van der Waals surface area contributed by atoms with Crippen LogP contribution in [-0.2, 0) is 14.8 Å². The first kappa shape index (κ1) is 12.7. The van der Waals surface area contributed by atoms with Gasteiger partial charge < -0.3 is 0 Å². The van der Waals surface area contributed by atoms with Crippen molar-refractivity contribution in [2.24, 2.45) is 0 Å². The van der Waals surface area contributed by atoms with Crippen molar-refractivity contribution in [3.8, 4) is 6.07 Å². The second-order valence-electron chi connectivity index (χ2n) is 4.12. The second kappa shape index (κ2) is 4.88. The van der Waals surface area contributed by atoms with E-state index in [0.717, 1.165) is 0 Å². The number of benzene rings is 1. The summed E-state index contributed by atoms with van der Waals surface area (Å²) in [6, 6.07) is 7.64. The normalized spacial score (nSPS) is 17.4. The van der Waals surface area contributed by atoms with Gasteiger partial charge in [-0.05, 0) is 30.7 Å². The zero-order valence-corrected chi connectivity index (χ0v) is 10.5. The minimum atomic E-state index is -3.62. The molecule has 1 aliphatic heterocycles. The Kier molecular flexibility index (Phi) is 3.45.